The number of imide groups is 1. The van der Waals surface area contributed by atoms with E-state index in [-0.39, 0.29) is 23.5 Å². The van der Waals surface area contributed by atoms with Crippen molar-refractivity contribution in [3.63, 3.8) is 0 Å². The Balaban J connectivity index is 1.45. The Morgan fingerprint density at radius 2 is 1.39 bits per heavy atom. The molecule has 2 aliphatic rings. The van der Waals surface area contributed by atoms with Gasteiger partial charge in [-0.05, 0) is 29.8 Å². The molecule has 5 rings (SSSR count). The van der Waals surface area contributed by atoms with Crippen LogP contribution in [0.4, 0.5) is 5.69 Å². The second-order valence-electron chi connectivity index (χ2n) is 9.80. The van der Waals surface area contributed by atoms with Crippen molar-refractivity contribution in [1.82, 2.24) is 4.90 Å². The van der Waals surface area contributed by atoms with E-state index in [9.17, 15) is 19.2 Å². The molecule has 3 aromatic carbocycles. The predicted molar refractivity (Wildman–Crippen MR) is 133 cm³/mol. The van der Waals surface area contributed by atoms with Crippen molar-refractivity contribution in [2.24, 2.45) is 5.41 Å². The molecule has 7 heteroatoms. The second kappa shape index (κ2) is 9.07. The lowest BCUT2D eigenvalue weighted by molar-refractivity contribution is -0.162. The van der Waals surface area contributed by atoms with Crippen molar-refractivity contribution in [2.75, 3.05) is 11.4 Å². The Kier molecular flexibility index (Phi) is 5.92. The van der Waals surface area contributed by atoms with Crippen LogP contribution in [0.3, 0.4) is 0 Å². The van der Waals surface area contributed by atoms with Crippen LogP contribution in [0, 0.1) is 5.41 Å². The Bertz CT molecular complexity index is 1300. The summed E-state index contributed by atoms with van der Waals surface area (Å²) in [5, 5.41) is 0. The third kappa shape index (κ3) is 4.06. The van der Waals surface area contributed by atoms with Crippen LogP contribution in [0.25, 0.3) is 0 Å². The SMILES string of the molecule is CC1(C)CN(c2ccccc2)C(=O)[C@H]1OC(=O)[C@@H](Cc1ccccc1)N1C(=O)c2ccccc2C1=O. The molecule has 3 aromatic rings. The average molecular weight is 483 g/mol. The van der Waals surface area contributed by atoms with Crippen LogP contribution in [0.1, 0.15) is 40.1 Å². The molecule has 1 fully saturated rings. The summed E-state index contributed by atoms with van der Waals surface area (Å²) in [6.45, 7) is 4.09. The predicted octanol–water partition coefficient (Wildman–Crippen LogP) is 3.88. The molecular weight excluding hydrogens is 456 g/mol. The highest BCUT2D eigenvalue weighted by molar-refractivity contribution is 6.22. The van der Waals surface area contributed by atoms with E-state index in [1.165, 1.54) is 0 Å². The Hall–Kier alpha value is -4.26. The zero-order valence-corrected chi connectivity index (χ0v) is 20.1. The number of ether oxygens (including phenoxy) is 1. The van der Waals surface area contributed by atoms with Gasteiger partial charge in [-0.15, -0.1) is 0 Å². The molecule has 1 saturated heterocycles. The average Bonchev–Trinajstić information content (AvgIpc) is 3.27. The lowest BCUT2D eigenvalue weighted by atomic mass is 9.89. The van der Waals surface area contributed by atoms with Gasteiger partial charge in [0.15, 0.2) is 6.10 Å². The zero-order valence-electron chi connectivity index (χ0n) is 20.1. The highest BCUT2D eigenvalue weighted by Gasteiger charge is 2.51. The molecule has 0 bridgehead atoms. The van der Waals surface area contributed by atoms with Crippen LogP contribution in [0.2, 0.25) is 0 Å². The standard InChI is InChI=1S/C29H26N2O5/c1-29(2)18-30(20-13-7-4-8-14-20)27(34)24(29)36-28(35)23(17-19-11-5-3-6-12-19)31-25(32)21-15-9-10-16-22(21)26(31)33/h3-16,23-24H,17-18H2,1-2H3/t23-,24-/m1/s1. The number of para-hydroxylation sites is 1. The number of anilines is 1. The monoisotopic (exact) mass is 482 g/mol. The van der Waals surface area contributed by atoms with Gasteiger partial charge in [-0.3, -0.25) is 19.3 Å². The van der Waals surface area contributed by atoms with Gasteiger partial charge in [-0.2, -0.15) is 0 Å². The van der Waals surface area contributed by atoms with Gasteiger partial charge in [0.2, 0.25) is 0 Å². The lowest BCUT2D eigenvalue weighted by Crippen LogP contribution is -2.49. The number of fused-ring (bicyclic) bond motifs is 1. The summed E-state index contributed by atoms with van der Waals surface area (Å²) in [4.78, 5) is 56.1. The molecular formula is C29H26N2O5. The van der Waals surface area contributed by atoms with Crippen LogP contribution in [-0.2, 0) is 20.7 Å². The van der Waals surface area contributed by atoms with Crippen LogP contribution in [0.15, 0.2) is 84.9 Å². The van der Waals surface area contributed by atoms with Gasteiger partial charge in [-0.1, -0.05) is 74.5 Å². The van der Waals surface area contributed by atoms with Gasteiger partial charge in [0, 0.05) is 24.1 Å². The van der Waals surface area contributed by atoms with E-state index in [0.717, 1.165) is 16.2 Å². The number of benzene rings is 3. The molecule has 2 aliphatic heterocycles. The van der Waals surface area contributed by atoms with Gasteiger partial charge in [0.1, 0.15) is 6.04 Å². The van der Waals surface area contributed by atoms with Crippen molar-refractivity contribution in [2.45, 2.75) is 32.4 Å². The molecule has 0 radical (unpaired) electrons. The van der Waals surface area contributed by atoms with Crippen molar-refractivity contribution in [3.05, 3.63) is 102 Å². The van der Waals surface area contributed by atoms with Crippen LogP contribution in [0.5, 0.6) is 0 Å². The van der Waals surface area contributed by atoms with Gasteiger partial charge in [-0.25, -0.2) is 4.79 Å². The molecule has 0 N–H and O–H groups in total. The van der Waals surface area contributed by atoms with Crippen LogP contribution < -0.4 is 4.90 Å². The quantitative estimate of drug-likeness (QED) is 0.393. The Labute approximate surface area is 209 Å². The van der Waals surface area contributed by atoms with E-state index in [0.29, 0.717) is 6.54 Å². The third-order valence-corrected chi connectivity index (χ3v) is 6.75. The molecule has 0 aromatic heterocycles. The van der Waals surface area contributed by atoms with E-state index in [1.807, 2.05) is 74.5 Å². The largest absolute Gasteiger partial charge is 0.450 e. The number of nitrogens with zero attached hydrogens (tertiary/aromatic N) is 2. The third-order valence-electron chi connectivity index (χ3n) is 6.75. The fourth-order valence-corrected chi connectivity index (χ4v) is 4.88. The summed E-state index contributed by atoms with van der Waals surface area (Å²) in [5.41, 5.74) is 1.30. The van der Waals surface area contributed by atoms with Crippen LogP contribution >= 0.6 is 0 Å². The Morgan fingerprint density at radius 3 is 1.97 bits per heavy atom. The molecule has 0 aliphatic carbocycles. The van der Waals surface area contributed by atoms with E-state index in [2.05, 4.69) is 0 Å². The smallest absolute Gasteiger partial charge is 0.330 e. The minimum absolute atomic E-state index is 0.0783. The van der Waals surface area contributed by atoms with Gasteiger partial charge >= 0.3 is 5.97 Å². The maximum atomic E-state index is 13.7. The lowest BCUT2D eigenvalue weighted by Gasteiger charge is -2.29. The summed E-state index contributed by atoms with van der Waals surface area (Å²) < 4.78 is 5.86. The minimum atomic E-state index is -1.21. The number of carbonyl (C=O) groups excluding carboxylic acids is 4. The summed E-state index contributed by atoms with van der Waals surface area (Å²) in [6, 6.07) is 23.6. The molecule has 0 unspecified atom stereocenters. The number of rotatable bonds is 6. The molecule has 36 heavy (non-hydrogen) atoms. The number of hydrogen-bond acceptors (Lipinski definition) is 5. The molecule has 0 spiro atoms. The first-order valence-electron chi connectivity index (χ1n) is 11.9. The number of hydrogen-bond donors (Lipinski definition) is 0. The maximum Gasteiger partial charge on any atom is 0.330 e. The van der Waals surface area contributed by atoms with Gasteiger partial charge in [0.05, 0.1) is 11.1 Å². The first-order valence-corrected chi connectivity index (χ1v) is 11.9. The molecule has 7 nitrogen and oxygen atoms in total. The van der Waals surface area contributed by atoms with Crippen molar-refractivity contribution < 1.29 is 23.9 Å². The first-order chi connectivity index (χ1) is 17.3. The normalized spacial score (nSPS) is 19.4. The molecule has 2 atom stereocenters. The van der Waals surface area contributed by atoms with E-state index in [4.69, 9.17) is 4.74 Å². The summed E-state index contributed by atoms with van der Waals surface area (Å²) in [7, 11) is 0. The molecule has 2 heterocycles. The summed E-state index contributed by atoms with van der Waals surface area (Å²) >= 11 is 0. The topological polar surface area (TPSA) is 84.0 Å². The summed E-state index contributed by atoms with van der Waals surface area (Å²) in [6.07, 6.45) is -0.979. The first kappa shape index (κ1) is 23.5. The fourth-order valence-electron chi connectivity index (χ4n) is 4.88. The van der Waals surface area contributed by atoms with E-state index in [1.54, 1.807) is 29.2 Å². The van der Waals surface area contributed by atoms with E-state index < -0.39 is 35.3 Å². The number of carbonyl (C=O) groups is 4. The number of esters is 1. The highest BCUT2D eigenvalue weighted by Crippen LogP contribution is 2.37. The van der Waals surface area contributed by atoms with Crippen molar-refractivity contribution >= 4 is 29.4 Å². The molecule has 182 valence electrons. The van der Waals surface area contributed by atoms with Gasteiger partial charge < -0.3 is 9.64 Å². The van der Waals surface area contributed by atoms with Gasteiger partial charge in [0.25, 0.3) is 17.7 Å². The number of amides is 3. The summed E-state index contributed by atoms with van der Waals surface area (Å²) in [5.74, 6) is -2.21. The van der Waals surface area contributed by atoms with Crippen molar-refractivity contribution in [1.29, 1.82) is 0 Å². The minimum Gasteiger partial charge on any atom is -0.450 e. The molecule has 0 saturated carbocycles. The fraction of sp³-hybridized carbons (Fsp3) is 0.241. The zero-order chi connectivity index (χ0) is 25.4. The second-order valence-corrected chi connectivity index (χ2v) is 9.80. The van der Waals surface area contributed by atoms with Crippen molar-refractivity contribution in [3.8, 4) is 0 Å². The highest BCUT2D eigenvalue weighted by atomic mass is 16.6. The maximum absolute atomic E-state index is 13.7. The van der Waals surface area contributed by atoms with E-state index >= 15 is 0 Å². The van der Waals surface area contributed by atoms with Crippen LogP contribution in [-0.4, -0.2) is 47.3 Å². The Morgan fingerprint density at radius 1 is 0.861 bits per heavy atom. The molecule has 3 amide bonds.